The number of aromatic nitrogens is 3. The van der Waals surface area contributed by atoms with Gasteiger partial charge in [0.1, 0.15) is 22.0 Å². The van der Waals surface area contributed by atoms with E-state index in [-0.39, 0.29) is 26.9 Å². The van der Waals surface area contributed by atoms with Crippen LogP contribution < -0.4 is 21.0 Å². The zero-order valence-corrected chi connectivity index (χ0v) is 26.5. The van der Waals surface area contributed by atoms with Gasteiger partial charge in [0.05, 0.1) is 0 Å². The van der Waals surface area contributed by atoms with Crippen LogP contribution in [0.1, 0.15) is 0 Å². The molecule has 3 heterocycles. The predicted molar refractivity (Wildman–Crippen MR) is 160 cm³/mol. The van der Waals surface area contributed by atoms with Gasteiger partial charge >= 0.3 is 21.1 Å². The third-order valence-electron chi connectivity index (χ3n) is 7.62. The molecule has 0 N–H and O–H groups in total. The fourth-order valence-electron chi connectivity index (χ4n) is 5.19. The number of benzene rings is 3. The first-order valence-electron chi connectivity index (χ1n) is 12.8. The Balaban J connectivity index is 0.00000308. The number of hydrogen-bond donors (Lipinski definition) is 0. The van der Waals surface area contributed by atoms with Crippen molar-refractivity contribution in [3.05, 3.63) is 115 Å². The Hall–Kier alpha value is -3.19. The summed E-state index contributed by atoms with van der Waals surface area (Å²) in [5.74, 6) is -0.247. The number of rotatable bonds is 5. The SMILES string of the molecule is C[Si](C)(c1[c-]c2c3[c-]c([Si](C)(C)c4ccccn4)ccc3n(-c3ccc(F)cc3)c2cc1)c1ccccn1.[Pt+2]. The summed E-state index contributed by atoms with van der Waals surface area (Å²) in [5.41, 5.74) is 2.98. The van der Waals surface area contributed by atoms with Gasteiger partial charge in [-0.15, -0.1) is 34.6 Å². The van der Waals surface area contributed by atoms with Gasteiger partial charge in [-0.1, -0.05) is 49.4 Å². The average Bonchev–Trinajstić information content (AvgIpc) is 3.27. The standard InChI is InChI=1S/C32H28FN3Si2.Pt/c1-37(2,31-9-5-7-19-34-31)25-15-17-29-27(21-25)28-22-26(38(3,4)32-10-6-8-20-35-32)16-18-30(28)36(29)24-13-11-23(33)12-14-24;/h5-20H,1-4H3;/q-2;+2. The van der Waals surface area contributed by atoms with E-state index in [0.29, 0.717) is 0 Å². The van der Waals surface area contributed by atoms with E-state index in [4.69, 9.17) is 9.97 Å². The summed E-state index contributed by atoms with van der Waals surface area (Å²) in [6, 6.07) is 35.3. The third kappa shape index (κ3) is 4.75. The fraction of sp³-hybridized carbons (Fsp3) is 0.125. The molecular weight excluding hydrogens is 697 g/mol. The Kier molecular flexibility index (Phi) is 7.31. The molecule has 6 aromatic rings. The van der Waals surface area contributed by atoms with Gasteiger partial charge in [-0.25, -0.2) is 15.2 Å². The molecule has 0 bridgehead atoms. The third-order valence-corrected chi connectivity index (χ3v) is 14.1. The van der Waals surface area contributed by atoms with Crippen LogP contribution in [0.5, 0.6) is 0 Å². The van der Waals surface area contributed by atoms with E-state index in [1.54, 1.807) is 0 Å². The first kappa shape index (κ1) is 27.4. The van der Waals surface area contributed by atoms with Crippen LogP contribution in [0.2, 0.25) is 26.2 Å². The molecule has 6 rings (SSSR count). The summed E-state index contributed by atoms with van der Waals surface area (Å²) in [6.07, 6.45) is 3.74. The predicted octanol–water partition coefficient (Wildman–Crippen LogP) is 4.96. The van der Waals surface area contributed by atoms with Gasteiger partial charge in [0.2, 0.25) is 0 Å². The van der Waals surface area contributed by atoms with Crippen LogP contribution in [-0.2, 0) is 21.1 Å². The molecule has 39 heavy (non-hydrogen) atoms. The second-order valence-corrected chi connectivity index (χ2v) is 19.4. The first-order chi connectivity index (χ1) is 18.3. The molecule has 3 nitrogen and oxygen atoms in total. The summed E-state index contributed by atoms with van der Waals surface area (Å²) in [7, 11) is -4.16. The molecule has 0 amide bonds. The van der Waals surface area contributed by atoms with Crippen LogP contribution in [0, 0.1) is 17.9 Å². The van der Waals surface area contributed by atoms with E-state index in [9.17, 15) is 4.39 Å². The van der Waals surface area contributed by atoms with Crippen molar-refractivity contribution < 1.29 is 25.5 Å². The molecule has 0 aliphatic carbocycles. The second kappa shape index (κ2) is 10.4. The average molecular weight is 725 g/mol. The number of pyridine rings is 2. The zero-order chi connectivity index (χ0) is 26.5. The van der Waals surface area contributed by atoms with Gasteiger partial charge in [0.25, 0.3) is 0 Å². The molecule has 0 saturated carbocycles. The van der Waals surface area contributed by atoms with Crippen molar-refractivity contribution in [1.29, 1.82) is 0 Å². The molecule has 0 aliphatic heterocycles. The largest absolute Gasteiger partial charge is 2.00 e. The summed E-state index contributed by atoms with van der Waals surface area (Å²) in [4.78, 5) is 9.40. The molecule has 0 radical (unpaired) electrons. The van der Waals surface area contributed by atoms with Crippen LogP contribution in [-0.4, -0.2) is 30.7 Å². The van der Waals surface area contributed by atoms with E-state index >= 15 is 0 Å². The molecule has 196 valence electrons. The number of halogens is 1. The smallest absolute Gasteiger partial charge is 0.409 e. The van der Waals surface area contributed by atoms with E-state index in [1.807, 2.05) is 36.7 Å². The minimum absolute atomic E-state index is 0. The van der Waals surface area contributed by atoms with Gasteiger partial charge < -0.3 is 4.57 Å². The van der Waals surface area contributed by atoms with Crippen molar-refractivity contribution >= 4 is 59.0 Å². The van der Waals surface area contributed by atoms with Crippen molar-refractivity contribution in [3.63, 3.8) is 0 Å². The van der Waals surface area contributed by atoms with E-state index in [0.717, 1.165) is 38.1 Å². The molecule has 3 aromatic carbocycles. The summed E-state index contributed by atoms with van der Waals surface area (Å²) < 4.78 is 16.0. The molecule has 7 heteroatoms. The maximum Gasteiger partial charge on any atom is 2.00 e. The van der Waals surface area contributed by atoms with Crippen molar-refractivity contribution in [2.24, 2.45) is 0 Å². The van der Waals surface area contributed by atoms with Crippen molar-refractivity contribution in [3.8, 4) is 5.69 Å². The number of nitrogens with zero attached hydrogens (tertiary/aromatic N) is 3. The second-order valence-electron chi connectivity index (χ2n) is 10.8. The molecule has 0 aliphatic rings. The summed E-state index contributed by atoms with van der Waals surface area (Å²) in [5, 5.41) is 6.72. The molecule has 0 atom stereocenters. The maximum absolute atomic E-state index is 13.8. The number of hydrogen-bond acceptors (Lipinski definition) is 2. The Morgan fingerprint density at radius 2 is 1.08 bits per heavy atom. The topological polar surface area (TPSA) is 30.7 Å². The van der Waals surface area contributed by atoms with Crippen LogP contribution in [0.3, 0.4) is 0 Å². The van der Waals surface area contributed by atoms with E-state index in [1.165, 1.54) is 22.5 Å². The van der Waals surface area contributed by atoms with Crippen molar-refractivity contribution in [2.45, 2.75) is 26.2 Å². The van der Waals surface area contributed by atoms with Gasteiger partial charge in [0, 0.05) is 28.7 Å². The molecule has 0 unspecified atom stereocenters. The molecule has 0 fully saturated rings. The van der Waals surface area contributed by atoms with Crippen molar-refractivity contribution in [1.82, 2.24) is 14.5 Å². The van der Waals surface area contributed by atoms with Gasteiger partial charge in [-0.3, -0.25) is 9.97 Å². The van der Waals surface area contributed by atoms with Crippen LogP contribution in [0.25, 0.3) is 27.5 Å². The minimum Gasteiger partial charge on any atom is -0.409 e. The summed E-state index contributed by atoms with van der Waals surface area (Å²) in [6.45, 7) is 9.27. The van der Waals surface area contributed by atoms with Crippen LogP contribution in [0.15, 0.2) is 97.3 Å². The van der Waals surface area contributed by atoms with Gasteiger partial charge in [-0.2, -0.15) is 12.1 Å². The Labute approximate surface area is 245 Å². The van der Waals surface area contributed by atoms with E-state index < -0.39 is 16.1 Å². The van der Waals surface area contributed by atoms with Crippen LogP contribution in [0.4, 0.5) is 4.39 Å². The van der Waals surface area contributed by atoms with Gasteiger partial charge in [-0.05, 0) is 48.5 Å². The Morgan fingerprint density at radius 3 is 1.49 bits per heavy atom. The van der Waals surface area contributed by atoms with Crippen molar-refractivity contribution in [2.75, 3.05) is 0 Å². The zero-order valence-electron chi connectivity index (χ0n) is 22.3. The first-order valence-corrected chi connectivity index (χ1v) is 18.8. The van der Waals surface area contributed by atoms with E-state index in [2.05, 4.69) is 91.4 Å². The quantitative estimate of drug-likeness (QED) is 0.186. The molecule has 0 saturated heterocycles. The molecule has 3 aromatic heterocycles. The van der Waals surface area contributed by atoms with Crippen LogP contribution >= 0.6 is 0 Å². The minimum atomic E-state index is -2.08. The maximum atomic E-state index is 13.8. The Bertz CT molecular complexity index is 1660. The monoisotopic (exact) mass is 724 g/mol. The fourth-order valence-corrected chi connectivity index (χ4v) is 9.44. The molecule has 0 spiro atoms. The number of fused-ring (bicyclic) bond motifs is 3. The molecular formula is C32H28FN3PtSi2. The summed E-state index contributed by atoms with van der Waals surface area (Å²) >= 11 is 0. The normalized spacial score (nSPS) is 12.0. The van der Waals surface area contributed by atoms with Gasteiger partial charge in [0.15, 0.2) is 0 Å². The Morgan fingerprint density at radius 1 is 0.615 bits per heavy atom.